The number of hydrogen-bond acceptors (Lipinski definition) is 4. The van der Waals surface area contributed by atoms with Gasteiger partial charge >= 0.3 is 5.97 Å². The highest BCUT2D eigenvalue weighted by Crippen LogP contribution is 2.39. The molecule has 1 unspecified atom stereocenters. The number of furan rings is 1. The van der Waals surface area contributed by atoms with Gasteiger partial charge in [0.15, 0.2) is 0 Å². The molecule has 0 bridgehead atoms. The zero-order chi connectivity index (χ0) is 15.9. The number of hydrogen-bond donors (Lipinski definition) is 2. The molecule has 3 rings (SSSR count). The Kier molecular flexibility index (Phi) is 3.73. The monoisotopic (exact) mass is 337 g/mol. The van der Waals surface area contributed by atoms with Crippen LogP contribution in [-0.4, -0.2) is 19.8 Å². The van der Waals surface area contributed by atoms with Crippen LogP contribution >= 0.6 is 11.3 Å². The van der Waals surface area contributed by atoms with Gasteiger partial charge in [0.25, 0.3) is 11.3 Å². The number of benzene rings is 1. The fourth-order valence-corrected chi connectivity index (χ4v) is 3.82. The van der Waals surface area contributed by atoms with Crippen LogP contribution in [0.15, 0.2) is 40.1 Å². The molecule has 0 aliphatic heterocycles. The summed E-state index contributed by atoms with van der Waals surface area (Å²) in [6.07, 6.45) is 0. The van der Waals surface area contributed by atoms with Gasteiger partial charge in [-0.3, -0.25) is 4.55 Å². The summed E-state index contributed by atoms with van der Waals surface area (Å²) in [6.45, 7) is 1.62. The highest BCUT2D eigenvalue weighted by molar-refractivity contribution is 7.81. The third-order valence-electron chi connectivity index (χ3n) is 3.21. The smallest absolute Gasteiger partial charge is 0.372 e. The van der Waals surface area contributed by atoms with E-state index in [1.54, 1.807) is 42.6 Å². The van der Waals surface area contributed by atoms with Crippen molar-refractivity contribution in [3.05, 3.63) is 47.0 Å². The van der Waals surface area contributed by atoms with Crippen molar-refractivity contribution in [3.63, 3.8) is 0 Å². The number of aryl methyl sites for hydroxylation is 1. The van der Waals surface area contributed by atoms with Gasteiger partial charge in [0.2, 0.25) is 5.76 Å². The Balaban J connectivity index is 2.30. The van der Waals surface area contributed by atoms with E-state index in [9.17, 15) is 18.7 Å². The minimum Gasteiger partial charge on any atom is -0.475 e. The van der Waals surface area contributed by atoms with Gasteiger partial charge in [0.05, 0.1) is 5.69 Å². The van der Waals surface area contributed by atoms with Crippen LogP contribution in [0.4, 0.5) is 10.7 Å². The van der Waals surface area contributed by atoms with Crippen LogP contribution in [0.2, 0.25) is 0 Å². The Morgan fingerprint density at radius 3 is 2.68 bits per heavy atom. The van der Waals surface area contributed by atoms with E-state index in [2.05, 4.69) is 0 Å². The van der Waals surface area contributed by atoms with E-state index in [1.807, 2.05) is 0 Å². The van der Waals surface area contributed by atoms with Crippen molar-refractivity contribution in [1.29, 1.82) is 0 Å². The van der Waals surface area contributed by atoms with Gasteiger partial charge in [-0.1, -0.05) is 6.07 Å². The average Bonchev–Trinajstić information content (AvgIpc) is 3.08. The molecule has 0 amide bonds. The van der Waals surface area contributed by atoms with Gasteiger partial charge in [-0.25, -0.2) is 13.3 Å². The first-order chi connectivity index (χ1) is 10.5. The molecule has 6 nitrogen and oxygen atoms in total. The van der Waals surface area contributed by atoms with Gasteiger partial charge in [0.1, 0.15) is 10.6 Å². The number of thiophene rings is 1. The van der Waals surface area contributed by atoms with Gasteiger partial charge in [-0.15, -0.1) is 11.3 Å². The van der Waals surface area contributed by atoms with Crippen LogP contribution in [0, 0.1) is 6.92 Å². The number of aromatic carboxylic acids is 1. The average molecular weight is 337 g/mol. The summed E-state index contributed by atoms with van der Waals surface area (Å²) in [5.74, 6) is -1.34. The van der Waals surface area contributed by atoms with Crippen molar-refractivity contribution in [2.45, 2.75) is 6.92 Å². The van der Waals surface area contributed by atoms with E-state index in [4.69, 9.17) is 4.42 Å². The van der Waals surface area contributed by atoms with Crippen molar-refractivity contribution in [1.82, 2.24) is 0 Å². The van der Waals surface area contributed by atoms with Crippen LogP contribution in [0.1, 0.15) is 16.1 Å². The zero-order valence-electron chi connectivity index (χ0n) is 11.3. The molecule has 0 spiro atoms. The molecule has 22 heavy (non-hydrogen) atoms. The second-order valence-electron chi connectivity index (χ2n) is 4.49. The lowest BCUT2D eigenvalue weighted by Crippen LogP contribution is -2.18. The predicted molar refractivity (Wildman–Crippen MR) is 85.1 cm³/mol. The van der Waals surface area contributed by atoms with E-state index in [0.717, 1.165) is 0 Å². The van der Waals surface area contributed by atoms with Gasteiger partial charge in [-0.05, 0) is 36.6 Å². The summed E-state index contributed by atoms with van der Waals surface area (Å²) in [5.41, 5.74) is 1.21. The standard InChI is InChI=1S/C14H11NO5S2/c1-8-12-9(15(22(18)19)11-6-3-7-21-11)4-2-5-10(12)20-13(8)14(16)17/h2-7H,1H3,(H,16,17)(H,18,19). The Morgan fingerprint density at radius 2 is 2.09 bits per heavy atom. The van der Waals surface area contributed by atoms with Crippen LogP contribution < -0.4 is 4.31 Å². The van der Waals surface area contributed by atoms with Crippen molar-refractivity contribution in [2.24, 2.45) is 0 Å². The molecule has 1 atom stereocenters. The molecule has 114 valence electrons. The molecule has 3 aromatic rings. The van der Waals surface area contributed by atoms with E-state index < -0.39 is 17.2 Å². The van der Waals surface area contributed by atoms with Gasteiger partial charge < -0.3 is 9.52 Å². The maximum atomic E-state index is 11.8. The minimum absolute atomic E-state index is 0.169. The quantitative estimate of drug-likeness (QED) is 0.707. The Bertz CT molecular complexity index is 869. The molecule has 0 saturated carbocycles. The van der Waals surface area contributed by atoms with E-state index in [-0.39, 0.29) is 5.76 Å². The minimum atomic E-state index is -2.29. The van der Waals surface area contributed by atoms with Crippen molar-refractivity contribution in [3.8, 4) is 0 Å². The third kappa shape index (κ3) is 2.31. The van der Waals surface area contributed by atoms with Crippen molar-refractivity contribution >= 4 is 50.2 Å². The number of fused-ring (bicyclic) bond motifs is 1. The van der Waals surface area contributed by atoms with Gasteiger partial charge in [0, 0.05) is 10.9 Å². The van der Waals surface area contributed by atoms with Crippen molar-refractivity contribution in [2.75, 3.05) is 4.31 Å². The molecule has 0 radical (unpaired) electrons. The summed E-state index contributed by atoms with van der Waals surface area (Å²) in [5, 5.41) is 12.1. The molecule has 2 N–H and O–H groups in total. The molecule has 0 fully saturated rings. The third-order valence-corrected chi connectivity index (χ3v) is 4.88. The van der Waals surface area contributed by atoms with E-state index >= 15 is 0 Å². The lowest BCUT2D eigenvalue weighted by atomic mass is 10.1. The van der Waals surface area contributed by atoms with E-state index in [1.165, 1.54) is 15.6 Å². The molecule has 2 heterocycles. The Hall–Kier alpha value is -2.16. The predicted octanol–water partition coefficient (Wildman–Crippen LogP) is 3.78. The zero-order valence-corrected chi connectivity index (χ0v) is 13.0. The number of carbonyl (C=O) groups is 1. The Labute approximate surface area is 132 Å². The summed E-state index contributed by atoms with van der Waals surface area (Å²) in [7, 11) is 0. The molecule has 0 aliphatic rings. The van der Waals surface area contributed by atoms with Crippen molar-refractivity contribution < 1.29 is 23.1 Å². The first-order valence-electron chi connectivity index (χ1n) is 6.20. The topological polar surface area (TPSA) is 91.0 Å². The van der Waals surface area contributed by atoms with Crippen LogP contribution in [0.5, 0.6) is 0 Å². The summed E-state index contributed by atoms with van der Waals surface area (Å²) in [6, 6.07) is 8.42. The number of carboxylic acids is 1. The summed E-state index contributed by atoms with van der Waals surface area (Å²) in [4.78, 5) is 11.2. The lowest BCUT2D eigenvalue weighted by molar-refractivity contribution is 0.0664. The molecule has 8 heteroatoms. The molecule has 1 aromatic carbocycles. The van der Waals surface area contributed by atoms with Crippen LogP contribution in [0.3, 0.4) is 0 Å². The summed E-state index contributed by atoms with van der Waals surface area (Å²) < 4.78 is 28.0. The first kappa shape index (κ1) is 14.8. The largest absolute Gasteiger partial charge is 0.475 e. The SMILES string of the molecule is Cc1c(C(=O)O)oc2cccc(N(c3cccs3)S(=O)O)c12. The molecular formula is C14H11NO5S2. The van der Waals surface area contributed by atoms with E-state index in [0.29, 0.717) is 27.2 Å². The number of carboxylic acid groups (broad SMARTS) is 1. The summed E-state index contributed by atoms with van der Waals surface area (Å²) >= 11 is -0.987. The fourth-order valence-electron chi connectivity index (χ4n) is 2.32. The van der Waals surface area contributed by atoms with Crippen LogP contribution in [0.25, 0.3) is 11.0 Å². The molecular weight excluding hydrogens is 326 g/mol. The molecule has 0 aliphatic carbocycles. The lowest BCUT2D eigenvalue weighted by Gasteiger charge is -2.19. The number of anilines is 2. The maximum absolute atomic E-state index is 11.8. The first-order valence-corrected chi connectivity index (χ1v) is 8.15. The highest BCUT2D eigenvalue weighted by atomic mass is 32.2. The highest BCUT2D eigenvalue weighted by Gasteiger charge is 2.24. The van der Waals surface area contributed by atoms with Gasteiger partial charge in [-0.2, -0.15) is 0 Å². The second kappa shape index (κ2) is 5.56. The maximum Gasteiger partial charge on any atom is 0.372 e. The fraction of sp³-hybridized carbons (Fsp3) is 0.0714. The number of rotatable bonds is 4. The molecule has 0 saturated heterocycles. The van der Waals surface area contributed by atoms with Crippen LogP contribution in [-0.2, 0) is 11.3 Å². The number of nitrogens with zero attached hydrogens (tertiary/aromatic N) is 1. The second-order valence-corrected chi connectivity index (χ2v) is 6.24. The normalized spacial score (nSPS) is 12.5. The Morgan fingerprint density at radius 1 is 1.32 bits per heavy atom. The molecule has 2 aromatic heterocycles.